The molecule has 17 heavy (non-hydrogen) atoms. The van der Waals surface area contributed by atoms with Crippen molar-refractivity contribution in [1.29, 1.82) is 0 Å². The molecule has 1 saturated heterocycles. The fraction of sp³-hybridized carbons (Fsp3) is 0.778. The first kappa shape index (κ1) is 12.3. The quantitative estimate of drug-likeness (QED) is 0.804. The van der Waals surface area contributed by atoms with Gasteiger partial charge in [0.2, 0.25) is 0 Å². The summed E-state index contributed by atoms with van der Waals surface area (Å²) in [6.07, 6.45) is -3.28. The Morgan fingerprint density at radius 3 is 2.71 bits per heavy atom. The van der Waals surface area contributed by atoms with E-state index in [9.17, 15) is 13.2 Å². The summed E-state index contributed by atoms with van der Waals surface area (Å²) in [6.45, 7) is 1.28. The fourth-order valence-electron chi connectivity index (χ4n) is 2.03. The van der Waals surface area contributed by atoms with Crippen LogP contribution in [-0.4, -0.2) is 35.2 Å². The van der Waals surface area contributed by atoms with E-state index in [1.807, 2.05) is 11.9 Å². The van der Waals surface area contributed by atoms with Gasteiger partial charge in [-0.25, -0.2) is 0 Å². The lowest BCUT2D eigenvalue weighted by Crippen LogP contribution is -2.51. The van der Waals surface area contributed by atoms with E-state index < -0.39 is 17.6 Å². The summed E-state index contributed by atoms with van der Waals surface area (Å²) < 4.78 is 41.2. The van der Waals surface area contributed by atoms with E-state index in [0.717, 1.165) is 13.0 Å². The van der Waals surface area contributed by atoms with E-state index in [4.69, 9.17) is 5.73 Å². The average molecular weight is 250 g/mol. The smallest absolute Gasteiger partial charge is 0.329 e. The van der Waals surface area contributed by atoms with Gasteiger partial charge in [0.15, 0.2) is 5.82 Å². The second kappa shape index (κ2) is 3.95. The van der Waals surface area contributed by atoms with Crippen LogP contribution in [0, 0.1) is 0 Å². The molecule has 2 heterocycles. The first-order valence-corrected chi connectivity index (χ1v) is 5.20. The van der Waals surface area contributed by atoms with Crippen molar-refractivity contribution in [3.05, 3.63) is 11.7 Å². The second-order valence-corrected chi connectivity index (χ2v) is 4.42. The summed E-state index contributed by atoms with van der Waals surface area (Å²) in [5.41, 5.74) is 5.08. The zero-order valence-electron chi connectivity index (χ0n) is 9.29. The summed E-state index contributed by atoms with van der Waals surface area (Å²) in [5.74, 6) is -1.41. The molecule has 2 rings (SSSR count). The number of alkyl halides is 3. The number of piperidine rings is 1. The number of nitrogens with two attached hydrogens (primary N) is 1. The van der Waals surface area contributed by atoms with Crippen LogP contribution < -0.4 is 5.73 Å². The van der Waals surface area contributed by atoms with E-state index in [1.165, 1.54) is 0 Å². The summed E-state index contributed by atoms with van der Waals surface area (Å²) in [6, 6.07) is 0. The van der Waals surface area contributed by atoms with Crippen LogP contribution in [0.2, 0.25) is 0 Å². The second-order valence-electron chi connectivity index (χ2n) is 4.42. The van der Waals surface area contributed by atoms with Gasteiger partial charge in [0.05, 0.1) is 5.54 Å². The standard InChI is InChI=1S/C9H13F3N4O/c1-16-4-2-3-8(13,5-16)6-14-7(17-15-6)9(10,11)12/h2-5,13H2,1H3. The highest BCUT2D eigenvalue weighted by atomic mass is 19.4. The van der Waals surface area contributed by atoms with Gasteiger partial charge >= 0.3 is 12.1 Å². The van der Waals surface area contributed by atoms with Gasteiger partial charge in [-0.1, -0.05) is 5.16 Å². The van der Waals surface area contributed by atoms with Crippen molar-refractivity contribution in [2.45, 2.75) is 24.6 Å². The van der Waals surface area contributed by atoms with Gasteiger partial charge in [-0.2, -0.15) is 18.2 Å². The van der Waals surface area contributed by atoms with Crippen LogP contribution in [-0.2, 0) is 11.7 Å². The van der Waals surface area contributed by atoms with Gasteiger partial charge in [0.1, 0.15) is 0 Å². The van der Waals surface area contributed by atoms with Crippen molar-refractivity contribution in [3.8, 4) is 0 Å². The number of hydrogen-bond donors (Lipinski definition) is 1. The first-order valence-electron chi connectivity index (χ1n) is 5.20. The molecule has 1 aromatic rings. The van der Waals surface area contributed by atoms with Gasteiger partial charge < -0.3 is 15.2 Å². The molecule has 1 aliphatic heterocycles. The Hall–Kier alpha value is -1.15. The number of rotatable bonds is 1. The molecule has 1 aromatic heterocycles. The first-order chi connectivity index (χ1) is 7.81. The van der Waals surface area contributed by atoms with Crippen LogP contribution in [0.5, 0.6) is 0 Å². The molecule has 0 aromatic carbocycles. The van der Waals surface area contributed by atoms with Crippen LogP contribution in [0.1, 0.15) is 24.6 Å². The third-order valence-corrected chi connectivity index (χ3v) is 2.83. The third kappa shape index (κ3) is 2.42. The molecule has 1 fully saturated rings. The maximum Gasteiger partial charge on any atom is 0.471 e. The number of hydrogen-bond acceptors (Lipinski definition) is 5. The highest BCUT2D eigenvalue weighted by molar-refractivity contribution is 5.07. The van der Waals surface area contributed by atoms with E-state index in [1.54, 1.807) is 0 Å². The lowest BCUT2D eigenvalue weighted by atomic mass is 9.90. The van der Waals surface area contributed by atoms with Gasteiger partial charge in [-0.05, 0) is 26.4 Å². The normalized spacial score (nSPS) is 27.4. The maximum atomic E-state index is 12.3. The van der Waals surface area contributed by atoms with Gasteiger partial charge in [-0.15, -0.1) is 0 Å². The summed E-state index contributed by atoms with van der Waals surface area (Å²) in [7, 11) is 1.85. The number of nitrogens with zero attached hydrogens (tertiary/aromatic N) is 3. The van der Waals surface area contributed by atoms with Crippen molar-refractivity contribution in [3.63, 3.8) is 0 Å². The average Bonchev–Trinajstić information content (AvgIpc) is 2.65. The molecule has 1 atom stereocenters. The number of halogens is 3. The molecule has 8 heteroatoms. The molecule has 2 N–H and O–H groups in total. The lowest BCUT2D eigenvalue weighted by molar-refractivity contribution is -0.159. The fourth-order valence-corrected chi connectivity index (χ4v) is 2.03. The van der Waals surface area contributed by atoms with Crippen molar-refractivity contribution in [2.24, 2.45) is 5.73 Å². The molecule has 0 saturated carbocycles. The van der Waals surface area contributed by atoms with Gasteiger partial charge in [0, 0.05) is 6.54 Å². The van der Waals surface area contributed by atoms with E-state index >= 15 is 0 Å². The van der Waals surface area contributed by atoms with Crippen molar-refractivity contribution < 1.29 is 17.7 Å². The molecule has 0 spiro atoms. The predicted octanol–water partition coefficient (Wildman–Crippen LogP) is 0.968. The highest BCUT2D eigenvalue weighted by Crippen LogP contribution is 2.31. The van der Waals surface area contributed by atoms with E-state index in [-0.39, 0.29) is 5.82 Å². The lowest BCUT2D eigenvalue weighted by Gasteiger charge is -2.35. The predicted molar refractivity (Wildman–Crippen MR) is 51.9 cm³/mol. The van der Waals surface area contributed by atoms with Crippen LogP contribution in [0.25, 0.3) is 0 Å². The Morgan fingerprint density at radius 2 is 2.18 bits per heavy atom. The number of aromatic nitrogens is 2. The van der Waals surface area contributed by atoms with Crippen molar-refractivity contribution >= 4 is 0 Å². The van der Waals surface area contributed by atoms with Crippen LogP contribution in [0.3, 0.4) is 0 Å². The minimum Gasteiger partial charge on any atom is -0.329 e. The van der Waals surface area contributed by atoms with Crippen molar-refractivity contribution in [2.75, 3.05) is 20.1 Å². The molecule has 1 unspecified atom stereocenters. The van der Waals surface area contributed by atoms with Gasteiger partial charge in [-0.3, -0.25) is 0 Å². The Kier molecular flexibility index (Phi) is 2.86. The van der Waals surface area contributed by atoms with Gasteiger partial charge in [0.25, 0.3) is 0 Å². The largest absolute Gasteiger partial charge is 0.471 e. The summed E-state index contributed by atoms with van der Waals surface area (Å²) >= 11 is 0. The highest BCUT2D eigenvalue weighted by Gasteiger charge is 2.42. The molecule has 0 amide bonds. The minimum absolute atomic E-state index is 0.0728. The topological polar surface area (TPSA) is 68.2 Å². The SMILES string of the molecule is CN1CCCC(N)(c2noc(C(F)(F)F)n2)C1. The molecule has 0 bridgehead atoms. The molecular weight excluding hydrogens is 237 g/mol. The summed E-state index contributed by atoms with van der Waals surface area (Å²) in [4.78, 5) is 5.29. The number of likely N-dealkylation sites (tertiary alicyclic amines) is 1. The van der Waals surface area contributed by atoms with E-state index in [2.05, 4.69) is 14.7 Å². The Labute approximate surface area is 95.8 Å². The molecule has 96 valence electrons. The molecule has 1 aliphatic rings. The zero-order valence-corrected chi connectivity index (χ0v) is 9.29. The molecule has 5 nitrogen and oxygen atoms in total. The van der Waals surface area contributed by atoms with Crippen molar-refractivity contribution in [1.82, 2.24) is 15.0 Å². The third-order valence-electron chi connectivity index (χ3n) is 2.83. The maximum absolute atomic E-state index is 12.3. The minimum atomic E-state index is -4.62. The van der Waals surface area contributed by atoms with Crippen LogP contribution in [0.15, 0.2) is 4.52 Å². The Morgan fingerprint density at radius 1 is 1.47 bits per heavy atom. The molecular formula is C9H13F3N4O. The number of likely N-dealkylation sites (N-methyl/N-ethyl adjacent to an activating group) is 1. The summed E-state index contributed by atoms with van der Waals surface area (Å²) in [5, 5.41) is 3.35. The Bertz CT molecular complexity index is 405. The zero-order chi connectivity index (χ0) is 12.7. The van der Waals surface area contributed by atoms with E-state index in [0.29, 0.717) is 13.0 Å². The Balaban J connectivity index is 2.24. The molecule has 0 radical (unpaired) electrons. The molecule has 0 aliphatic carbocycles. The van der Waals surface area contributed by atoms with Crippen LogP contribution >= 0.6 is 0 Å². The monoisotopic (exact) mass is 250 g/mol. The van der Waals surface area contributed by atoms with Crippen LogP contribution in [0.4, 0.5) is 13.2 Å².